The second kappa shape index (κ2) is 5.47. The molecule has 0 saturated heterocycles. The first kappa shape index (κ1) is 9.61. The van der Waals surface area contributed by atoms with E-state index >= 15 is 0 Å². The molecule has 2 aromatic carbocycles. The van der Waals surface area contributed by atoms with Gasteiger partial charge in [0.15, 0.2) is 0 Å². The van der Waals surface area contributed by atoms with E-state index in [0.717, 1.165) is 17.5 Å². The molecule has 0 aliphatic heterocycles. The van der Waals surface area contributed by atoms with Gasteiger partial charge in [-0.15, -0.1) is 0 Å². The van der Waals surface area contributed by atoms with Gasteiger partial charge in [0.05, 0.1) is 0 Å². The minimum Gasteiger partial charge on any atom is -0.330 e. The number of hydrogen-bond donors (Lipinski definition) is 1. The van der Waals surface area contributed by atoms with Crippen LogP contribution in [0.4, 0.5) is 0 Å². The van der Waals surface area contributed by atoms with Crippen LogP contribution in [0, 0.1) is 0 Å². The molecular formula is C15H17N. The average molecular weight is 212 g/mol. The summed E-state index contributed by atoms with van der Waals surface area (Å²) in [4.78, 5) is 0. The lowest BCUT2D eigenvalue weighted by Crippen LogP contribution is -2.05. The highest BCUT2D eigenvalue weighted by molar-refractivity contribution is 5.32. The molecule has 0 aliphatic carbocycles. The Labute approximate surface area is 98.3 Å². The summed E-state index contributed by atoms with van der Waals surface area (Å²) < 4.78 is 8.33. The van der Waals surface area contributed by atoms with Crippen LogP contribution in [0.15, 0.2) is 54.6 Å². The molecular weight excluding hydrogens is 194 g/mol. The highest BCUT2D eigenvalue weighted by Gasteiger charge is 2.01. The van der Waals surface area contributed by atoms with E-state index in [1.54, 1.807) is 0 Å². The lowest BCUT2D eigenvalue weighted by Gasteiger charge is -2.08. The van der Waals surface area contributed by atoms with Crippen LogP contribution in [0.2, 0.25) is 0 Å². The Morgan fingerprint density at radius 1 is 0.875 bits per heavy atom. The largest absolute Gasteiger partial charge is 0.330 e. The SMILES string of the molecule is [2H]C(c1ccccc1)c1ccccc1CCN. The van der Waals surface area contributed by atoms with E-state index in [-0.39, 0.29) is 6.40 Å². The van der Waals surface area contributed by atoms with E-state index in [1.807, 2.05) is 48.5 Å². The van der Waals surface area contributed by atoms with Gasteiger partial charge in [-0.2, -0.15) is 0 Å². The summed E-state index contributed by atoms with van der Waals surface area (Å²) >= 11 is 0. The molecule has 1 unspecified atom stereocenters. The van der Waals surface area contributed by atoms with Crippen LogP contribution in [0.5, 0.6) is 0 Å². The van der Waals surface area contributed by atoms with Crippen molar-refractivity contribution in [1.82, 2.24) is 0 Å². The van der Waals surface area contributed by atoms with Crippen LogP contribution < -0.4 is 5.73 Å². The number of benzene rings is 2. The van der Waals surface area contributed by atoms with Gasteiger partial charge < -0.3 is 5.73 Å². The Balaban J connectivity index is 2.33. The number of nitrogens with two attached hydrogens (primary N) is 1. The van der Waals surface area contributed by atoms with Gasteiger partial charge in [0.25, 0.3) is 0 Å². The van der Waals surface area contributed by atoms with Crippen molar-refractivity contribution in [2.45, 2.75) is 12.8 Å². The molecule has 0 aliphatic rings. The molecule has 2 N–H and O–H groups in total. The minimum absolute atomic E-state index is 0.320. The maximum Gasteiger partial charge on any atom is 0.0366 e. The molecule has 0 aromatic heterocycles. The van der Waals surface area contributed by atoms with Crippen molar-refractivity contribution < 1.29 is 1.37 Å². The highest BCUT2D eigenvalue weighted by atomic mass is 14.5. The first-order chi connectivity index (χ1) is 8.33. The van der Waals surface area contributed by atoms with Crippen LogP contribution >= 0.6 is 0 Å². The molecule has 0 heterocycles. The zero-order chi connectivity index (χ0) is 12.1. The van der Waals surface area contributed by atoms with E-state index < -0.39 is 0 Å². The second-order valence-electron chi connectivity index (χ2n) is 3.79. The summed E-state index contributed by atoms with van der Waals surface area (Å²) in [5, 5.41) is 0. The molecule has 0 amide bonds. The summed E-state index contributed by atoms with van der Waals surface area (Å²) in [6, 6.07) is 18.0. The Bertz CT molecular complexity index is 467. The Morgan fingerprint density at radius 2 is 1.50 bits per heavy atom. The first-order valence-electron chi connectivity index (χ1n) is 6.15. The monoisotopic (exact) mass is 212 g/mol. The third kappa shape index (κ3) is 2.71. The lowest BCUT2D eigenvalue weighted by molar-refractivity contribution is 0.946. The summed E-state index contributed by atoms with van der Waals surface area (Å²) in [6.45, 7) is 0.624. The van der Waals surface area contributed by atoms with Crippen molar-refractivity contribution in [3.63, 3.8) is 0 Å². The molecule has 0 fully saturated rings. The number of rotatable bonds is 4. The second-order valence-corrected chi connectivity index (χ2v) is 3.79. The topological polar surface area (TPSA) is 26.0 Å². The molecule has 1 nitrogen and oxygen atoms in total. The summed E-state index contributed by atoms with van der Waals surface area (Å²) in [6.07, 6.45) is 0.511. The van der Waals surface area contributed by atoms with Crippen LogP contribution in [-0.2, 0) is 12.8 Å². The van der Waals surface area contributed by atoms with Gasteiger partial charge in [0, 0.05) is 1.37 Å². The van der Waals surface area contributed by atoms with Crippen molar-refractivity contribution in [2.75, 3.05) is 6.54 Å². The summed E-state index contributed by atoms with van der Waals surface area (Å²) in [5.41, 5.74) is 8.87. The molecule has 82 valence electrons. The van der Waals surface area contributed by atoms with Gasteiger partial charge in [-0.25, -0.2) is 0 Å². The van der Waals surface area contributed by atoms with Crippen molar-refractivity contribution >= 4 is 0 Å². The maximum atomic E-state index is 8.33. The molecule has 1 atom stereocenters. The molecule has 0 spiro atoms. The standard InChI is InChI=1S/C15H17N/c16-11-10-14-8-4-5-9-15(14)12-13-6-2-1-3-7-13/h1-9H,10-12,16H2/i12D. The smallest absolute Gasteiger partial charge is 0.0366 e. The van der Waals surface area contributed by atoms with Gasteiger partial charge in [-0.3, -0.25) is 0 Å². The van der Waals surface area contributed by atoms with Crippen molar-refractivity contribution in [3.8, 4) is 0 Å². The minimum atomic E-state index is -0.320. The summed E-state index contributed by atoms with van der Waals surface area (Å²) in [5.74, 6) is 0. The van der Waals surface area contributed by atoms with Crippen LogP contribution in [0.3, 0.4) is 0 Å². The fourth-order valence-electron chi connectivity index (χ4n) is 1.79. The van der Waals surface area contributed by atoms with E-state index in [1.165, 1.54) is 5.56 Å². The molecule has 0 bridgehead atoms. The molecule has 0 radical (unpaired) electrons. The maximum absolute atomic E-state index is 8.33. The van der Waals surface area contributed by atoms with Gasteiger partial charge in [-0.1, -0.05) is 54.6 Å². The summed E-state index contributed by atoms with van der Waals surface area (Å²) in [7, 11) is 0. The van der Waals surface area contributed by atoms with Crippen LogP contribution in [0.25, 0.3) is 0 Å². The predicted octanol–water partition coefficient (Wildman–Crippen LogP) is 2.78. The lowest BCUT2D eigenvalue weighted by atomic mass is 9.98. The number of hydrogen-bond acceptors (Lipinski definition) is 1. The molecule has 2 rings (SSSR count). The Hall–Kier alpha value is -1.60. The first-order valence-corrected chi connectivity index (χ1v) is 5.58. The van der Waals surface area contributed by atoms with Gasteiger partial charge in [0.2, 0.25) is 0 Å². The van der Waals surface area contributed by atoms with E-state index in [9.17, 15) is 0 Å². The Morgan fingerprint density at radius 3 is 2.19 bits per heavy atom. The highest BCUT2D eigenvalue weighted by Crippen LogP contribution is 2.14. The molecule has 0 saturated carbocycles. The third-order valence-electron chi connectivity index (χ3n) is 2.59. The predicted molar refractivity (Wildman–Crippen MR) is 68.4 cm³/mol. The van der Waals surface area contributed by atoms with Crippen molar-refractivity contribution in [2.24, 2.45) is 5.73 Å². The normalized spacial score (nSPS) is 13.2. The van der Waals surface area contributed by atoms with Crippen molar-refractivity contribution in [1.29, 1.82) is 0 Å². The zero-order valence-electron chi connectivity index (χ0n) is 10.3. The van der Waals surface area contributed by atoms with Gasteiger partial charge in [-0.05, 0) is 36.1 Å². The van der Waals surface area contributed by atoms with E-state index in [4.69, 9.17) is 7.10 Å². The molecule has 1 heteroatoms. The third-order valence-corrected chi connectivity index (χ3v) is 2.59. The average Bonchev–Trinajstić information content (AvgIpc) is 2.40. The van der Waals surface area contributed by atoms with E-state index in [0.29, 0.717) is 6.54 Å². The van der Waals surface area contributed by atoms with Crippen LogP contribution in [-0.4, -0.2) is 6.54 Å². The Kier molecular flexibility index (Phi) is 3.29. The molecule has 2 aromatic rings. The fraction of sp³-hybridized carbons (Fsp3) is 0.200. The van der Waals surface area contributed by atoms with Gasteiger partial charge in [0.1, 0.15) is 0 Å². The zero-order valence-corrected chi connectivity index (χ0v) is 9.27. The quantitative estimate of drug-likeness (QED) is 0.828. The molecule has 16 heavy (non-hydrogen) atoms. The van der Waals surface area contributed by atoms with E-state index in [2.05, 4.69) is 6.07 Å². The van der Waals surface area contributed by atoms with Crippen LogP contribution in [0.1, 0.15) is 18.1 Å². The van der Waals surface area contributed by atoms with Gasteiger partial charge >= 0.3 is 0 Å². The fourth-order valence-corrected chi connectivity index (χ4v) is 1.79. The van der Waals surface area contributed by atoms with Crippen molar-refractivity contribution in [3.05, 3.63) is 71.3 Å².